The van der Waals surface area contributed by atoms with Gasteiger partial charge in [-0.2, -0.15) is 0 Å². The van der Waals surface area contributed by atoms with E-state index >= 15 is 0 Å². The van der Waals surface area contributed by atoms with Crippen LogP contribution in [0.15, 0.2) is 48.5 Å². The lowest BCUT2D eigenvalue weighted by Crippen LogP contribution is -2.10. The number of phenolic OH excluding ortho intramolecular Hbond substituents is 2. The van der Waals surface area contributed by atoms with Crippen LogP contribution in [-0.2, 0) is 0 Å². The third-order valence-electron chi connectivity index (χ3n) is 2.77. The molecule has 0 spiro atoms. The average Bonchev–Trinajstić information content (AvgIpc) is 2.39. The summed E-state index contributed by atoms with van der Waals surface area (Å²) in [5.41, 5.74) is 1.02. The van der Waals surface area contributed by atoms with Gasteiger partial charge in [-0.1, -0.05) is 24.3 Å². The molecule has 2 aromatic carbocycles. The molecule has 2 aromatic rings. The summed E-state index contributed by atoms with van der Waals surface area (Å²) in [6.07, 6.45) is -2.18. The smallest absolute Gasteiger partial charge is 0.115 e. The zero-order valence-corrected chi connectivity index (χ0v) is 9.56. The van der Waals surface area contributed by atoms with Crippen LogP contribution in [0.3, 0.4) is 0 Å². The van der Waals surface area contributed by atoms with Gasteiger partial charge in [0.15, 0.2) is 0 Å². The molecule has 0 aliphatic rings. The molecule has 0 saturated heterocycles. The number of hydrogen-bond acceptors (Lipinski definition) is 4. The number of rotatable bonds is 3. The van der Waals surface area contributed by atoms with Gasteiger partial charge in [0, 0.05) is 0 Å². The van der Waals surface area contributed by atoms with Crippen LogP contribution >= 0.6 is 0 Å². The third-order valence-corrected chi connectivity index (χ3v) is 2.77. The van der Waals surface area contributed by atoms with Gasteiger partial charge < -0.3 is 20.4 Å². The van der Waals surface area contributed by atoms with Gasteiger partial charge in [0.1, 0.15) is 23.7 Å². The molecule has 18 heavy (non-hydrogen) atoms. The molecule has 0 unspecified atom stereocenters. The Morgan fingerprint density at radius 1 is 0.556 bits per heavy atom. The first-order valence-corrected chi connectivity index (χ1v) is 5.52. The summed E-state index contributed by atoms with van der Waals surface area (Å²) in [4.78, 5) is 0. The predicted octanol–water partition coefficient (Wildman–Crippen LogP) is 1.86. The van der Waals surface area contributed by atoms with Crippen molar-refractivity contribution in [2.24, 2.45) is 0 Å². The van der Waals surface area contributed by atoms with Crippen molar-refractivity contribution in [3.63, 3.8) is 0 Å². The summed E-state index contributed by atoms with van der Waals surface area (Å²) in [5, 5.41) is 38.3. The van der Waals surface area contributed by atoms with Crippen molar-refractivity contribution in [2.45, 2.75) is 12.2 Å². The van der Waals surface area contributed by atoms with Gasteiger partial charge in [0.05, 0.1) is 0 Å². The normalized spacial score (nSPS) is 14.1. The fourth-order valence-electron chi connectivity index (χ4n) is 1.71. The number of benzene rings is 2. The molecular weight excluding hydrogens is 232 g/mol. The molecule has 4 N–H and O–H groups in total. The number of aliphatic hydroxyl groups excluding tert-OH is 2. The van der Waals surface area contributed by atoms with Crippen molar-refractivity contribution in [3.05, 3.63) is 59.7 Å². The van der Waals surface area contributed by atoms with E-state index in [0.29, 0.717) is 11.1 Å². The monoisotopic (exact) mass is 246 g/mol. The Kier molecular flexibility index (Phi) is 3.50. The lowest BCUT2D eigenvalue weighted by atomic mass is 9.98. The molecular formula is C14H14O4. The van der Waals surface area contributed by atoms with Gasteiger partial charge in [0.25, 0.3) is 0 Å². The predicted molar refractivity (Wildman–Crippen MR) is 66.1 cm³/mol. The van der Waals surface area contributed by atoms with Gasteiger partial charge in [-0.3, -0.25) is 0 Å². The Morgan fingerprint density at radius 3 is 1.11 bits per heavy atom. The van der Waals surface area contributed by atoms with Crippen LogP contribution in [0.5, 0.6) is 11.5 Å². The molecule has 0 heterocycles. The van der Waals surface area contributed by atoms with E-state index in [1.165, 1.54) is 24.3 Å². The number of phenols is 2. The van der Waals surface area contributed by atoms with E-state index in [1.807, 2.05) is 0 Å². The van der Waals surface area contributed by atoms with Gasteiger partial charge in [0.2, 0.25) is 0 Å². The second-order valence-electron chi connectivity index (χ2n) is 4.07. The van der Waals surface area contributed by atoms with E-state index in [0.717, 1.165) is 0 Å². The highest BCUT2D eigenvalue weighted by Gasteiger charge is 2.20. The van der Waals surface area contributed by atoms with E-state index in [-0.39, 0.29) is 11.5 Å². The molecule has 2 rings (SSSR count). The first kappa shape index (κ1) is 12.4. The molecule has 0 radical (unpaired) electrons. The minimum Gasteiger partial charge on any atom is -0.508 e. The fraction of sp³-hybridized carbons (Fsp3) is 0.143. The minimum atomic E-state index is -1.09. The van der Waals surface area contributed by atoms with Crippen LogP contribution < -0.4 is 0 Å². The number of hydrogen-bond donors (Lipinski definition) is 4. The quantitative estimate of drug-likeness (QED) is 0.666. The summed E-state index contributed by atoms with van der Waals surface area (Å²) in [7, 11) is 0. The van der Waals surface area contributed by atoms with E-state index < -0.39 is 12.2 Å². The molecule has 0 fully saturated rings. The molecule has 0 amide bonds. The SMILES string of the molecule is Oc1ccc([C@H](O)[C@@H](O)c2ccc(O)cc2)cc1. The summed E-state index contributed by atoms with van der Waals surface area (Å²) in [6.45, 7) is 0. The highest BCUT2D eigenvalue weighted by atomic mass is 16.3. The fourth-order valence-corrected chi connectivity index (χ4v) is 1.71. The van der Waals surface area contributed by atoms with Crippen molar-refractivity contribution >= 4 is 0 Å². The van der Waals surface area contributed by atoms with Crippen molar-refractivity contribution < 1.29 is 20.4 Å². The van der Waals surface area contributed by atoms with Crippen LogP contribution in [0.1, 0.15) is 23.3 Å². The Morgan fingerprint density at radius 2 is 0.833 bits per heavy atom. The Bertz CT molecular complexity index is 455. The first-order valence-electron chi connectivity index (χ1n) is 5.52. The molecule has 0 aliphatic heterocycles. The van der Waals surface area contributed by atoms with E-state index in [4.69, 9.17) is 10.2 Å². The van der Waals surface area contributed by atoms with Crippen LogP contribution in [0.25, 0.3) is 0 Å². The highest BCUT2D eigenvalue weighted by Crippen LogP contribution is 2.30. The van der Waals surface area contributed by atoms with E-state index in [1.54, 1.807) is 24.3 Å². The minimum absolute atomic E-state index is 0.102. The third kappa shape index (κ3) is 2.61. The largest absolute Gasteiger partial charge is 0.508 e. The molecule has 94 valence electrons. The van der Waals surface area contributed by atoms with Crippen molar-refractivity contribution in [3.8, 4) is 11.5 Å². The van der Waals surface area contributed by atoms with E-state index in [2.05, 4.69) is 0 Å². The van der Waals surface area contributed by atoms with E-state index in [9.17, 15) is 10.2 Å². The molecule has 2 atom stereocenters. The van der Waals surface area contributed by atoms with Crippen molar-refractivity contribution in [1.82, 2.24) is 0 Å². The number of aliphatic hydroxyl groups is 2. The molecule has 0 bridgehead atoms. The Hall–Kier alpha value is -2.04. The maximum atomic E-state index is 10.0. The zero-order chi connectivity index (χ0) is 13.1. The van der Waals surface area contributed by atoms with Crippen LogP contribution in [0, 0.1) is 0 Å². The first-order chi connectivity index (χ1) is 8.58. The average molecular weight is 246 g/mol. The second-order valence-corrected chi connectivity index (χ2v) is 4.07. The van der Waals surface area contributed by atoms with Crippen molar-refractivity contribution in [2.75, 3.05) is 0 Å². The lowest BCUT2D eigenvalue weighted by molar-refractivity contribution is 0.0172. The zero-order valence-electron chi connectivity index (χ0n) is 9.56. The van der Waals surface area contributed by atoms with Gasteiger partial charge in [-0.25, -0.2) is 0 Å². The summed E-state index contributed by atoms with van der Waals surface area (Å²) in [6, 6.07) is 12.0. The van der Waals surface area contributed by atoms with Crippen LogP contribution in [0.2, 0.25) is 0 Å². The molecule has 4 nitrogen and oxygen atoms in total. The van der Waals surface area contributed by atoms with Gasteiger partial charge in [-0.15, -0.1) is 0 Å². The van der Waals surface area contributed by atoms with Gasteiger partial charge >= 0.3 is 0 Å². The highest BCUT2D eigenvalue weighted by molar-refractivity contribution is 5.32. The molecule has 4 heteroatoms. The molecule has 0 aliphatic carbocycles. The second kappa shape index (κ2) is 5.08. The Balaban J connectivity index is 2.20. The lowest BCUT2D eigenvalue weighted by Gasteiger charge is -2.18. The maximum absolute atomic E-state index is 10.0. The molecule has 0 aromatic heterocycles. The van der Waals surface area contributed by atoms with Crippen molar-refractivity contribution in [1.29, 1.82) is 0 Å². The summed E-state index contributed by atoms with van der Waals surface area (Å²) in [5.74, 6) is 0.204. The topological polar surface area (TPSA) is 80.9 Å². The summed E-state index contributed by atoms with van der Waals surface area (Å²) < 4.78 is 0. The summed E-state index contributed by atoms with van der Waals surface area (Å²) >= 11 is 0. The Labute approximate surface area is 104 Å². The standard InChI is InChI=1S/C14H14O4/c15-11-5-1-9(2-6-11)13(17)14(18)10-3-7-12(16)8-4-10/h1-8,13-18H/t13-,14-/m0/s1. The maximum Gasteiger partial charge on any atom is 0.115 e. The molecule has 0 saturated carbocycles. The number of aromatic hydroxyl groups is 2. The van der Waals surface area contributed by atoms with Crippen LogP contribution in [0.4, 0.5) is 0 Å². The van der Waals surface area contributed by atoms with Gasteiger partial charge in [-0.05, 0) is 35.4 Å². The van der Waals surface area contributed by atoms with Crippen LogP contribution in [-0.4, -0.2) is 20.4 Å².